The Morgan fingerprint density at radius 2 is 1.81 bits per heavy atom. The van der Waals surface area contributed by atoms with Crippen LogP contribution in [-0.4, -0.2) is 95.9 Å². The average Bonchev–Trinajstić information content (AvgIpc) is 3.21. The lowest BCUT2D eigenvalue weighted by atomic mass is 9.83. The summed E-state index contributed by atoms with van der Waals surface area (Å²) in [5.74, 6) is 0.270. The highest BCUT2D eigenvalue weighted by Gasteiger charge is 2.43. The van der Waals surface area contributed by atoms with Crippen LogP contribution in [0.2, 0.25) is 0 Å². The maximum atomic E-state index is 13.5. The van der Waals surface area contributed by atoms with Crippen LogP contribution in [0.5, 0.6) is 0 Å². The number of amides is 1. The molecule has 3 fully saturated rings. The van der Waals surface area contributed by atoms with E-state index in [-0.39, 0.29) is 17.5 Å². The maximum Gasteiger partial charge on any atom is 0.244 e. The quantitative estimate of drug-likeness (QED) is 0.805. The topological polar surface area (TPSA) is 42.9 Å². The number of carbonyl (C=O) groups is 1. The molecule has 1 spiro atoms. The van der Waals surface area contributed by atoms with Gasteiger partial charge in [0.15, 0.2) is 0 Å². The zero-order valence-corrected chi connectivity index (χ0v) is 16.8. The van der Waals surface area contributed by atoms with Crippen LogP contribution in [0.1, 0.15) is 37.3 Å². The first-order chi connectivity index (χ1) is 13.1. The third-order valence-corrected chi connectivity index (χ3v) is 6.94. The van der Waals surface area contributed by atoms with Gasteiger partial charge >= 0.3 is 0 Å². The number of carbonyl (C=O) groups excluding carboxylic acids is 1. The smallest absolute Gasteiger partial charge is 0.244 e. The molecular formula is C21H33N5O. The van der Waals surface area contributed by atoms with Crippen molar-refractivity contribution in [2.24, 2.45) is 0 Å². The fourth-order valence-electron chi connectivity index (χ4n) is 5.16. The fraction of sp³-hybridized carbons (Fsp3) is 0.714. The molecule has 0 aliphatic carbocycles. The van der Waals surface area contributed by atoms with Crippen LogP contribution < -0.4 is 0 Å². The van der Waals surface area contributed by atoms with E-state index < -0.39 is 0 Å². The third-order valence-electron chi connectivity index (χ3n) is 6.94. The number of hydrogen-bond donors (Lipinski definition) is 0. The Labute approximate surface area is 163 Å². The van der Waals surface area contributed by atoms with E-state index in [1.807, 2.05) is 12.3 Å². The Morgan fingerprint density at radius 3 is 2.48 bits per heavy atom. The summed E-state index contributed by atoms with van der Waals surface area (Å²) in [6, 6.07) is 3.84. The molecular weight excluding hydrogens is 338 g/mol. The molecule has 1 aromatic heterocycles. The molecule has 0 aromatic carbocycles. The first-order valence-electron chi connectivity index (χ1n) is 10.4. The van der Waals surface area contributed by atoms with Gasteiger partial charge in [0.1, 0.15) is 6.04 Å². The zero-order chi connectivity index (χ0) is 18.9. The first kappa shape index (κ1) is 18.8. The molecule has 0 saturated carbocycles. The van der Waals surface area contributed by atoms with E-state index >= 15 is 0 Å². The van der Waals surface area contributed by atoms with Crippen molar-refractivity contribution in [2.45, 2.75) is 37.3 Å². The van der Waals surface area contributed by atoms with Crippen LogP contribution in [0.15, 0.2) is 24.5 Å². The SMILES string of the molecule is CN1CCN(C)C2(CCN(C(=O)C(c3cccnc3)N3CCCC3)CC2)C1. The molecule has 1 amide bonds. The van der Waals surface area contributed by atoms with E-state index in [2.05, 4.69) is 44.7 Å². The number of nitrogens with zero attached hydrogens (tertiary/aromatic N) is 5. The summed E-state index contributed by atoms with van der Waals surface area (Å²) in [5, 5.41) is 0. The van der Waals surface area contributed by atoms with Crippen molar-refractivity contribution in [2.75, 3.05) is 59.9 Å². The molecule has 1 atom stereocenters. The number of hydrogen-bond acceptors (Lipinski definition) is 5. The lowest BCUT2D eigenvalue weighted by molar-refractivity contribution is -0.140. The number of rotatable bonds is 3. The number of likely N-dealkylation sites (tertiary alicyclic amines) is 2. The van der Waals surface area contributed by atoms with Gasteiger partial charge in [-0.15, -0.1) is 0 Å². The number of piperazine rings is 1. The van der Waals surface area contributed by atoms with Crippen LogP contribution >= 0.6 is 0 Å². The van der Waals surface area contributed by atoms with Gasteiger partial charge in [0.05, 0.1) is 0 Å². The summed E-state index contributed by atoms with van der Waals surface area (Å²) in [4.78, 5) is 27.3. The number of piperidine rings is 1. The molecule has 4 rings (SSSR count). The number of pyridine rings is 1. The van der Waals surface area contributed by atoms with Crippen molar-refractivity contribution in [3.8, 4) is 0 Å². The minimum atomic E-state index is -0.165. The lowest BCUT2D eigenvalue weighted by Gasteiger charge is -2.52. The van der Waals surface area contributed by atoms with Gasteiger partial charge in [-0.25, -0.2) is 0 Å². The van der Waals surface area contributed by atoms with Crippen LogP contribution in [0.3, 0.4) is 0 Å². The minimum Gasteiger partial charge on any atom is -0.341 e. The number of aromatic nitrogens is 1. The van der Waals surface area contributed by atoms with E-state index in [0.29, 0.717) is 0 Å². The Balaban J connectivity index is 1.48. The Bertz CT molecular complexity index is 637. The highest BCUT2D eigenvalue weighted by molar-refractivity contribution is 5.83. The van der Waals surface area contributed by atoms with Crippen molar-refractivity contribution in [3.05, 3.63) is 30.1 Å². The summed E-state index contributed by atoms with van der Waals surface area (Å²) in [7, 11) is 4.48. The summed E-state index contributed by atoms with van der Waals surface area (Å²) >= 11 is 0. The summed E-state index contributed by atoms with van der Waals surface area (Å²) in [5.41, 5.74) is 1.28. The van der Waals surface area contributed by atoms with Crippen LogP contribution in [0.25, 0.3) is 0 Å². The lowest BCUT2D eigenvalue weighted by Crippen LogP contribution is -2.64. The predicted molar refractivity (Wildman–Crippen MR) is 106 cm³/mol. The van der Waals surface area contributed by atoms with Gasteiger partial charge < -0.3 is 9.80 Å². The van der Waals surface area contributed by atoms with Gasteiger partial charge in [-0.3, -0.25) is 19.6 Å². The van der Waals surface area contributed by atoms with E-state index in [0.717, 1.165) is 64.2 Å². The van der Waals surface area contributed by atoms with Crippen LogP contribution in [-0.2, 0) is 4.79 Å². The van der Waals surface area contributed by atoms with Gasteiger partial charge in [0.25, 0.3) is 0 Å². The van der Waals surface area contributed by atoms with Crippen molar-refractivity contribution < 1.29 is 4.79 Å². The molecule has 3 aliphatic heterocycles. The molecule has 3 aliphatic rings. The molecule has 1 unspecified atom stereocenters. The van der Waals surface area contributed by atoms with Gasteiger partial charge in [-0.05, 0) is 64.5 Å². The average molecular weight is 372 g/mol. The van der Waals surface area contributed by atoms with Gasteiger partial charge in [0.2, 0.25) is 5.91 Å². The highest BCUT2D eigenvalue weighted by Crippen LogP contribution is 2.33. The predicted octanol–water partition coefficient (Wildman–Crippen LogP) is 1.46. The molecule has 4 heterocycles. The Morgan fingerprint density at radius 1 is 1.07 bits per heavy atom. The zero-order valence-electron chi connectivity index (χ0n) is 16.8. The van der Waals surface area contributed by atoms with Crippen molar-refractivity contribution >= 4 is 5.91 Å². The van der Waals surface area contributed by atoms with E-state index in [1.165, 1.54) is 12.8 Å². The fourth-order valence-corrected chi connectivity index (χ4v) is 5.16. The maximum absolute atomic E-state index is 13.5. The van der Waals surface area contributed by atoms with Crippen molar-refractivity contribution in [1.29, 1.82) is 0 Å². The van der Waals surface area contributed by atoms with E-state index in [9.17, 15) is 4.79 Å². The molecule has 0 radical (unpaired) electrons. The normalized spacial score (nSPS) is 25.8. The van der Waals surface area contributed by atoms with Crippen LogP contribution in [0, 0.1) is 0 Å². The molecule has 0 bridgehead atoms. The second kappa shape index (κ2) is 7.86. The molecule has 0 N–H and O–H groups in total. The summed E-state index contributed by atoms with van der Waals surface area (Å²) in [6.45, 7) is 7.12. The monoisotopic (exact) mass is 371 g/mol. The second-order valence-corrected chi connectivity index (χ2v) is 8.64. The minimum absolute atomic E-state index is 0.165. The third kappa shape index (κ3) is 3.75. The molecule has 3 saturated heterocycles. The van der Waals surface area contributed by atoms with Crippen LogP contribution in [0.4, 0.5) is 0 Å². The number of likely N-dealkylation sites (N-methyl/N-ethyl adjacent to an activating group) is 2. The molecule has 27 heavy (non-hydrogen) atoms. The van der Waals surface area contributed by atoms with Gasteiger partial charge in [0, 0.05) is 50.7 Å². The van der Waals surface area contributed by atoms with Crippen molar-refractivity contribution in [3.63, 3.8) is 0 Å². The standard InChI is InChI=1S/C21H33N5O/c1-23-14-15-24(2)21(17-23)7-12-26(13-8-21)20(27)19(25-10-3-4-11-25)18-6-5-9-22-16-18/h5-6,9,16,19H,3-4,7-8,10-15,17H2,1-2H3. The summed E-state index contributed by atoms with van der Waals surface area (Å²) < 4.78 is 0. The van der Waals surface area contributed by atoms with E-state index in [4.69, 9.17) is 0 Å². The molecule has 6 heteroatoms. The second-order valence-electron chi connectivity index (χ2n) is 8.64. The molecule has 6 nitrogen and oxygen atoms in total. The largest absolute Gasteiger partial charge is 0.341 e. The van der Waals surface area contributed by atoms with Gasteiger partial charge in [-0.2, -0.15) is 0 Å². The highest BCUT2D eigenvalue weighted by atomic mass is 16.2. The Hall–Kier alpha value is -1.50. The van der Waals surface area contributed by atoms with E-state index in [1.54, 1.807) is 6.20 Å². The Kier molecular flexibility index (Phi) is 5.48. The molecule has 1 aromatic rings. The summed E-state index contributed by atoms with van der Waals surface area (Å²) in [6.07, 6.45) is 8.17. The van der Waals surface area contributed by atoms with Gasteiger partial charge in [-0.1, -0.05) is 6.07 Å². The van der Waals surface area contributed by atoms with Crippen molar-refractivity contribution in [1.82, 2.24) is 24.6 Å². The molecule has 148 valence electrons. The first-order valence-corrected chi connectivity index (χ1v) is 10.4.